The molecule has 0 amide bonds. The Morgan fingerprint density at radius 2 is 1.92 bits per heavy atom. The fraction of sp³-hybridized carbons (Fsp3) is 0.294. The number of hydrogen-bond donors (Lipinski definition) is 1. The molecular formula is C17H18N4O3S. The maximum Gasteiger partial charge on any atom is 0.260 e. The second-order valence-corrected chi connectivity index (χ2v) is 8.17. The Balaban J connectivity index is 1.78. The number of fused-ring (bicyclic) bond motifs is 3. The summed E-state index contributed by atoms with van der Waals surface area (Å²) in [7, 11) is -3.69. The van der Waals surface area contributed by atoms with Crippen LogP contribution in [0, 0.1) is 13.8 Å². The fourth-order valence-electron chi connectivity index (χ4n) is 3.16. The molecule has 7 nitrogen and oxygen atoms in total. The van der Waals surface area contributed by atoms with Crippen LogP contribution in [-0.2, 0) is 23.1 Å². The first kappa shape index (κ1) is 16.0. The summed E-state index contributed by atoms with van der Waals surface area (Å²) in [5.74, 6) is 0.142. The molecular weight excluding hydrogens is 340 g/mol. The Morgan fingerprint density at radius 1 is 1.12 bits per heavy atom. The van der Waals surface area contributed by atoms with Gasteiger partial charge in [-0.25, -0.2) is 13.4 Å². The second kappa shape index (κ2) is 5.53. The van der Waals surface area contributed by atoms with Crippen LogP contribution in [0.2, 0.25) is 0 Å². The minimum Gasteiger partial charge on any atom is -0.494 e. The SMILES string of the molecule is Cc1ccc(S(=O)(=O)N2CCn3c(O)c4ccc(C)nc4c3C2)nc1. The average molecular weight is 358 g/mol. The molecule has 1 aliphatic rings. The highest BCUT2D eigenvalue weighted by molar-refractivity contribution is 7.89. The molecule has 0 saturated heterocycles. The summed E-state index contributed by atoms with van der Waals surface area (Å²) >= 11 is 0. The molecule has 8 heteroatoms. The van der Waals surface area contributed by atoms with Crippen LogP contribution in [0.25, 0.3) is 10.9 Å². The topological polar surface area (TPSA) is 88.3 Å². The largest absolute Gasteiger partial charge is 0.494 e. The van der Waals surface area contributed by atoms with Crippen molar-refractivity contribution >= 4 is 20.9 Å². The number of aryl methyl sites for hydroxylation is 2. The van der Waals surface area contributed by atoms with Gasteiger partial charge >= 0.3 is 0 Å². The van der Waals surface area contributed by atoms with Crippen molar-refractivity contribution in [1.29, 1.82) is 0 Å². The van der Waals surface area contributed by atoms with Crippen LogP contribution in [0.5, 0.6) is 5.88 Å². The monoisotopic (exact) mass is 358 g/mol. The Morgan fingerprint density at radius 3 is 2.64 bits per heavy atom. The second-order valence-electron chi connectivity index (χ2n) is 6.28. The normalized spacial score (nSPS) is 15.4. The molecule has 1 aliphatic heterocycles. The van der Waals surface area contributed by atoms with E-state index in [1.165, 1.54) is 10.4 Å². The summed E-state index contributed by atoms with van der Waals surface area (Å²) in [5.41, 5.74) is 3.08. The van der Waals surface area contributed by atoms with E-state index in [1.54, 1.807) is 16.8 Å². The van der Waals surface area contributed by atoms with Gasteiger partial charge in [-0.05, 0) is 37.6 Å². The zero-order valence-corrected chi connectivity index (χ0v) is 14.8. The van der Waals surface area contributed by atoms with Gasteiger partial charge in [0.05, 0.1) is 23.1 Å². The molecule has 4 heterocycles. The lowest BCUT2D eigenvalue weighted by Gasteiger charge is -2.27. The van der Waals surface area contributed by atoms with E-state index < -0.39 is 10.0 Å². The number of sulfonamides is 1. The maximum absolute atomic E-state index is 12.9. The number of aromatic hydroxyl groups is 1. The third kappa shape index (κ3) is 2.49. The molecule has 1 N–H and O–H groups in total. The lowest BCUT2D eigenvalue weighted by Crippen LogP contribution is -2.38. The molecule has 25 heavy (non-hydrogen) atoms. The molecule has 0 aliphatic carbocycles. The van der Waals surface area contributed by atoms with Gasteiger partial charge in [0.25, 0.3) is 10.0 Å². The lowest BCUT2D eigenvalue weighted by atomic mass is 10.2. The van der Waals surface area contributed by atoms with E-state index >= 15 is 0 Å². The predicted molar refractivity (Wildman–Crippen MR) is 92.7 cm³/mol. The number of aromatic nitrogens is 3. The number of nitrogens with zero attached hydrogens (tertiary/aromatic N) is 4. The standard InChI is InChI=1S/C17H18N4O3S/c1-11-3-6-15(18-9-11)25(23,24)20-7-8-21-14(10-20)16-13(17(21)22)5-4-12(2)19-16/h3-6,9,22H,7-8,10H2,1-2H3. The fourth-order valence-corrected chi connectivity index (χ4v) is 4.47. The molecule has 130 valence electrons. The van der Waals surface area contributed by atoms with Gasteiger partial charge in [-0.1, -0.05) is 6.07 Å². The van der Waals surface area contributed by atoms with Gasteiger partial charge in [-0.3, -0.25) is 4.98 Å². The summed E-state index contributed by atoms with van der Waals surface area (Å²) in [6.07, 6.45) is 1.55. The molecule has 3 aromatic heterocycles. The van der Waals surface area contributed by atoms with Gasteiger partial charge in [0.1, 0.15) is 0 Å². The van der Waals surface area contributed by atoms with E-state index in [4.69, 9.17) is 0 Å². The van der Waals surface area contributed by atoms with Crippen molar-refractivity contribution in [2.75, 3.05) is 6.54 Å². The quantitative estimate of drug-likeness (QED) is 0.756. The van der Waals surface area contributed by atoms with E-state index in [0.29, 0.717) is 23.1 Å². The van der Waals surface area contributed by atoms with Crippen LogP contribution in [-0.4, -0.2) is 38.9 Å². The maximum atomic E-state index is 12.9. The highest BCUT2D eigenvalue weighted by Crippen LogP contribution is 2.34. The Kier molecular flexibility index (Phi) is 3.55. The summed E-state index contributed by atoms with van der Waals surface area (Å²) in [5, 5.41) is 11.1. The lowest BCUT2D eigenvalue weighted by molar-refractivity contribution is 0.317. The summed E-state index contributed by atoms with van der Waals surface area (Å²) in [4.78, 5) is 8.55. The Hall–Kier alpha value is -2.45. The summed E-state index contributed by atoms with van der Waals surface area (Å²) in [6, 6.07) is 6.91. The van der Waals surface area contributed by atoms with Crippen molar-refractivity contribution < 1.29 is 13.5 Å². The molecule has 0 saturated carbocycles. The van der Waals surface area contributed by atoms with E-state index in [0.717, 1.165) is 11.3 Å². The third-order valence-corrected chi connectivity index (χ3v) is 6.28. The van der Waals surface area contributed by atoms with Crippen molar-refractivity contribution in [2.24, 2.45) is 0 Å². The van der Waals surface area contributed by atoms with Crippen LogP contribution >= 0.6 is 0 Å². The van der Waals surface area contributed by atoms with E-state index in [1.807, 2.05) is 26.0 Å². The van der Waals surface area contributed by atoms with Crippen LogP contribution in [0.15, 0.2) is 35.5 Å². The smallest absolute Gasteiger partial charge is 0.260 e. The van der Waals surface area contributed by atoms with Gasteiger partial charge in [-0.15, -0.1) is 0 Å². The molecule has 3 aromatic rings. The predicted octanol–water partition coefficient (Wildman–Crippen LogP) is 1.96. The Labute approximate surface area is 145 Å². The van der Waals surface area contributed by atoms with Crippen molar-refractivity contribution in [3.63, 3.8) is 0 Å². The van der Waals surface area contributed by atoms with Crippen LogP contribution < -0.4 is 0 Å². The van der Waals surface area contributed by atoms with E-state index in [-0.39, 0.29) is 24.0 Å². The molecule has 0 spiro atoms. The third-order valence-electron chi connectivity index (χ3n) is 4.52. The molecule has 0 bridgehead atoms. The van der Waals surface area contributed by atoms with Gasteiger partial charge in [-0.2, -0.15) is 4.31 Å². The molecule has 0 aromatic carbocycles. The zero-order chi connectivity index (χ0) is 17.8. The van der Waals surface area contributed by atoms with E-state index in [9.17, 15) is 13.5 Å². The first-order valence-electron chi connectivity index (χ1n) is 7.98. The molecule has 0 fully saturated rings. The van der Waals surface area contributed by atoms with Crippen molar-refractivity contribution in [2.45, 2.75) is 32.0 Å². The number of hydrogen-bond acceptors (Lipinski definition) is 5. The first-order valence-corrected chi connectivity index (χ1v) is 9.42. The average Bonchev–Trinajstić information content (AvgIpc) is 2.87. The Bertz CT molecular complexity index is 1070. The number of pyridine rings is 2. The minimum atomic E-state index is -3.69. The van der Waals surface area contributed by atoms with Crippen LogP contribution in [0.4, 0.5) is 0 Å². The molecule has 4 rings (SSSR count). The van der Waals surface area contributed by atoms with Crippen LogP contribution in [0.3, 0.4) is 0 Å². The van der Waals surface area contributed by atoms with E-state index in [2.05, 4.69) is 9.97 Å². The molecule has 0 atom stereocenters. The number of rotatable bonds is 2. The van der Waals surface area contributed by atoms with Gasteiger partial charge in [0.2, 0.25) is 5.88 Å². The molecule has 0 unspecified atom stereocenters. The van der Waals surface area contributed by atoms with Crippen molar-refractivity contribution in [1.82, 2.24) is 18.8 Å². The minimum absolute atomic E-state index is 0.0378. The summed E-state index contributed by atoms with van der Waals surface area (Å²) < 4.78 is 28.9. The highest BCUT2D eigenvalue weighted by atomic mass is 32.2. The molecule has 0 radical (unpaired) electrons. The van der Waals surface area contributed by atoms with Crippen LogP contribution in [0.1, 0.15) is 17.0 Å². The van der Waals surface area contributed by atoms with Gasteiger partial charge in [0, 0.05) is 25.0 Å². The van der Waals surface area contributed by atoms with Gasteiger partial charge in [0.15, 0.2) is 5.03 Å². The van der Waals surface area contributed by atoms with Crippen molar-refractivity contribution in [3.05, 3.63) is 47.4 Å². The zero-order valence-electron chi connectivity index (χ0n) is 14.0. The highest BCUT2D eigenvalue weighted by Gasteiger charge is 2.32. The summed E-state index contributed by atoms with van der Waals surface area (Å²) in [6.45, 7) is 4.54. The first-order chi connectivity index (χ1) is 11.9. The van der Waals surface area contributed by atoms with Gasteiger partial charge < -0.3 is 9.67 Å². The van der Waals surface area contributed by atoms with Crippen molar-refractivity contribution in [3.8, 4) is 5.88 Å².